The molecule has 31 heavy (non-hydrogen) atoms. The minimum Gasteiger partial charge on any atom is -0.496 e. The molecule has 0 radical (unpaired) electrons. The van der Waals surface area contributed by atoms with E-state index in [2.05, 4.69) is 15.5 Å². The second-order valence-corrected chi connectivity index (χ2v) is 8.79. The van der Waals surface area contributed by atoms with Crippen LogP contribution in [0.5, 0.6) is 11.5 Å². The van der Waals surface area contributed by atoms with Crippen molar-refractivity contribution in [2.75, 3.05) is 12.4 Å². The second-order valence-electron chi connectivity index (χ2n) is 6.59. The summed E-state index contributed by atoms with van der Waals surface area (Å²) in [5.74, 6) is 0.163. The second kappa shape index (κ2) is 9.31. The number of nitrogens with one attached hydrogen (secondary N) is 1. The molecule has 9 nitrogen and oxygen atoms in total. The molecule has 0 aliphatic heterocycles. The molecule has 3 aromatic rings. The summed E-state index contributed by atoms with van der Waals surface area (Å²) in [5.41, 5.74) is -0.287. The van der Waals surface area contributed by atoms with Gasteiger partial charge in [-0.15, -0.1) is 10.2 Å². The number of nitrogens with zero attached hydrogens (tertiary/aromatic N) is 2. The lowest BCUT2D eigenvalue weighted by molar-refractivity contribution is -0.117. The van der Waals surface area contributed by atoms with Crippen LogP contribution in [0.15, 0.2) is 50.1 Å². The van der Waals surface area contributed by atoms with Gasteiger partial charge in [0.15, 0.2) is 4.34 Å². The highest BCUT2D eigenvalue weighted by atomic mass is 32.2. The quantitative estimate of drug-likeness (QED) is 0.307. The Morgan fingerprint density at radius 3 is 2.81 bits per heavy atom. The van der Waals surface area contributed by atoms with E-state index in [4.69, 9.17) is 13.9 Å². The molecule has 1 fully saturated rings. The highest BCUT2D eigenvalue weighted by Crippen LogP contribution is 2.32. The molecule has 1 saturated carbocycles. The number of benzene rings is 1. The SMILES string of the molecule is COc1ccccc1C(=O)Oc1coc(CSc2nnc(NC(=O)C3CC3)s2)cc1=O. The van der Waals surface area contributed by atoms with Crippen LogP contribution in [0.1, 0.15) is 29.0 Å². The van der Waals surface area contributed by atoms with E-state index in [9.17, 15) is 14.4 Å². The minimum absolute atomic E-state index is 0.0306. The first-order valence-corrected chi connectivity index (χ1v) is 11.1. The number of para-hydroxylation sites is 1. The summed E-state index contributed by atoms with van der Waals surface area (Å²) in [6.07, 6.45) is 2.93. The van der Waals surface area contributed by atoms with Crippen molar-refractivity contribution in [1.82, 2.24) is 10.2 Å². The molecule has 1 N–H and O–H groups in total. The Morgan fingerprint density at radius 2 is 2.06 bits per heavy atom. The van der Waals surface area contributed by atoms with Crippen LogP contribution in [0, 0.1) is 5.92 Å². The Morgan fingerprint density at radius 1 is 1.26 bits per heavy atom. The lowest BCUT2D eigenvalue weighted by atomic mass is 10.2. The fourth-order valence-electron chi connectivity index (χ4n) is 2.56. The summed E-state index contributed by atoms with van der Waals surface area (Å²) in [5, 5.41) is 11.1. The van der Waals surface area contributed by atoms with Crippen LogP contribution in [-0.2, 0) is 10.5 Å². The van der Waals surface area contributed by atoms with E-state index >= 15 is 0 Å². The maximum absolute atomic E-state index is 12.3. The van der Waals surface area contributed by atoms with E-state index in [-0.39, 0.29) is 23.1 Å². The first-order valence-electron chi connectivity index (χ1n) is 9.27. The average molecular weight is 460 g/mol. The maximum atomic E-state index is 12.3. The van der Waals surface area contributed by atoms with Gasteiger partial charge in [0.1, 0.15) is 23.3 Å². The molecule has 1 amide bonds. The predicted molar refractivity (Wildman–Crippen MR) is 114 cm³/mol. The van der Waals surface area contributed by atoms with E-state index in [1.54, 1.807) is 18.2 Å². The molecular formula is C20H17N3O6S2. The van der Waals surface area contributed by atoms with E-state index in [0.29, 0.717) is 26.7 Å². The summed E-state index contributed by atoms with van der Waals surface area (Å²) >= 11 is 2.56. The Kier molecular flexibility index (Phi) is 6.33. The van der Waals surface area contributed by atoms with Crippen molar-refractivity contribution in [2.24, 2.45) is 5.92 Å². The molecule has 0 saturated heterocycles. The van der Waals surface area contributed by atoms with Gasteiger partial charge in [-0.2, -0.15) is 0 Å². The lowest BCUT2D eigenvalue weighted by Crippen LogP contribution is -2.15. The summed E-state index contributed by atoms with van der Waals surface area (Å²) in [4.78, 5) is 36.4. The number of carbonyl (C=O) groups is 2. The van der Waals surface area contributed by atoms with Gasteiger partial charge >= 0.3 is 5.97 Å². The fourth-order valence-corrected chi connectivity index (χ4v) is 4.21. The van der Waals surface area contributed by atoms with Crippen LogP contribution in [0.3, 0.4) is 0 Å². The number of rotatable bonds is 8. The number of ether oxygens (including phenoxy) is 2. The number of aromatic nitrogens is 2. The van der Waals surface area contributed by atoms with E-state index in [0.717, 1.165) is 19.1 Å². The molecule has 1 aromatic carbocycles. The van der Waals surface area contributed by atoms with Crippen molar-refractivity contribution in [3.63, 3.8) is 0 Å². The van der Waals surface area contributed by atoms with Crippen LogP contribution in [0.4, 0.5) is 5.13 Å². The molecule has 11 heteroatoms. The summed E-state index contributed by atoms with van der Waals surface area (Å²) in [6, 6.07) is 7.80. The van der Waals surface area contributed by atoms with E-state index in [1.165, 1.54) is 42.3 Å². The van der Waals surface area contributed by atoms with Crippen molar-refractivity contribution in [3.8, 4) is 11.5 Å². The van der Waals surface area contributed by atoms with Gasteiger partial charge in [-0.1, -0.05) is 35.2 Å². The van der Waals surface area contributed by atoms with Crippen molar-refractivity contribution in [1.29, 1.82) is 0 Å². The highest BCUT2D eigenvalue weighted by Gasteiger charge is 2.30. The van der Waals surface area contributed by atoms with E-state index < -0.39 is 11.4 Å². The van der Waals surface area contributed by atoms with Gasteiger partial charge in [-0.25, -0.2) is 4.79 Å². The van der Waals surface area contributed by atoms with Crippen molar-refractivity contribution < 1.29 is 23.5 Å². The number of esters is 1. The predicted octanol–water partition coefficient (Wildman–Crippen LogP) is 3.36. The summed E-state index contributed by atoms with van der Waals surface area (Å²) < 4.78 is 16.3. The summed E-state index contributed by atoms with van der Waals surface area (Å²) in [6.45, 7) is 0. The third kappa shape index (κ3) is 5.30. The smallest absolute Gasteiger partial charge is 0.347 e. The van der Waals surface area contributed by atoms with Crippen LogP contribution >= 0.6 is 23.1 Å². The van der Waals surface area contributed by atoms with Gasteiger partial charge in [-0.3, -0.25) is 9.59 Å². The molecular weight excluding hydrogens is 442 g/mol. The first kappa shape index (κ1) is 21.1. The number of hydrogen-bond acceptors (Lipinski definition) is 10. The highest BCUT2D eigenvalue weighted by molar-refractivity contribution is 8.00. The van der Waals surface area contributed by atoms with Gasteiger partial charge in [0.2, 0.25) is 22.2 Å². The molecule has 1 aliphatic carbocycles. The standard InChI is InChI=1S/C20H17N3O6S2/c1-27-15-5-3-2-4-13(15)18(26)29-16-9-28-12(8-14(16)24)10-30-20-23-22-19(31-20)21-17(25)11-6-7-11/h2-5,8-9,11H,6-7,10H2,1H3,(H,21,22,25). The molecule has 0 atom stereocenters. The largest absolute Gasteiger partial charge is 0.496 e. The van der Waals surface area contributed by atoms with Crippen LogP contribution in [0.25, 0.3) is 0 Å². The molecule has 160 valence electrons. The van der Waals surface area contributed by atoms with Crippen molar-refractivity contribution >= 4 is 40.1 Å². The zero-order valence-electron chi connectivity index (χ0n) is 16.3. The Labute approximate surface area is 184 Å². The Balaban J connectivity index is 1.35. The minimum atomic E-state index is -0.721. The molecule has 0 bridgehead atoms. The summed E-state index contributed by atoms with van der Waals surface area (Å²) in [7, 11) is 1.44. The molecule has 4 rings (SSSR count). The molecule has 0 unspecified atom stereocenters. The molecule has 2 aromatic heterocycles. The monoisotopic (exact) mass is 459 g/mol. The van der Waals surface area contributed by atoms with Gasteiger partial charge in [-0.05, 0) is 25.0 Å². The number of anilines is 1. The molecule has 2 heterocycles. The van der Waals surface area contributed by atoms with Crippen molar-refractivity contribution in [2.45, 2.75) is 22.9 Å². The number of thioether (sulfide) groups is 1. The number of carbonyl (C=O) groups excluding carboxylic acids is 2. The number of amides is 1. The van der Waals surface area contributed by atoms with Crippen LogP contribution in [0.2, 0.25) is 0 Å². The maximum Gasteiger partial charge on any atom is 0.347 e. The first-order chi connectivity index (χ1) is 15.0. The molecule has 0 spiro atoms. The zero-order valence-corrected chi connectivity index (χ0v) is 18.0. The third-order valence-corrected chi connectivity index (χ3v) is 6.30. The van der Waals surface area contributed by atoms with Crippen LogP contribution in [-0.4, -0.2) is 29.2 Å². The molecule has 1 aliphatic rings. The Hall–Kier alpha value is -3.18. The fraction of sp³-hybridized carbons (Fsp3) is 0.250. The van der Waals surface area contributed by atoms with Crippen LogP contribution < -0.4 is 20.2 Å². The van der Waals surface area contributed by atoms with Gasteiger partial charge in [0, 0.05) is 12.0 Å². The average Bonchev–Trinajstić information content (AvgIpc) is 3.54. The number of methoxy groups -OCH3 is 1. The van der Waals surface area contributed by atoms with Gasteiger partial charge < -0.3 is 19.2 Å². The van der Waals surface area contributed by atoms with Crippen molar-refractivity contribution in [3.05, 3.63) is 58.1 Å². The lowest BCUT2D eigenvalue weighted by Gasteiger charge is -2.07. The third-order valence-electron chi connectivity index (χ3n) is 4.30. The zero-order chi connectivity index (χ0) is 21.8. The Bertz CT molecular complexity index is 1170. The van der Waals surface area contributed by atoms with Gasteiger partial charge in [0.05, 0.1) is 12.9 Å². The number of hydrogen-bond donors (Lipinski definition) is 1. The van der Waals surface area contributed by atoms with Gasteiger partial charge in [0.25, 0.3) is 0 Å². The van der Waals surface area contributed by atoms with E-state index in [1.807, 2.05) is 0 Å². The topological polar surface area (TPSA) is 121 Å². The normalized spacial score (nSPS) is 12.9.